The van der Waals surface area contributed by atoms with Gasteiger partial charge >= 0.3 is 6.09 Å². The summed E-state index contributed by atoms with van der Waals surface area (Å²) in [5, 5.41) is 2.91. The summed E-state index contributed by atoms with van der Waals surface area (Å²) in [6.45, 7) is 2.62. The van der Waals surface area contributed by atoms with Gasteiger partial charge < -0.3 is 19.5 Å². The number of carbonyl (C=O) groups excluding carboxylic acids is 1. The van der Waals surface area contributed by atoms with E-state index in [0.29, 0.717) is 43.3 Å². The predicted molar refractivity (Wildman–Crippen MR) is 137 cm³/mol. The molecular weight excluding hydrogens is 515 g/mol. The quantitative estimate of drug-likeness (QED) is 0.568. The molecule has 3 heterocycles. The molecule has 3 aliphatic rings. The maximum atomic E-state index is 14.6. The summed E-state index contributed by atoms with van der Waals surface area (Å²) in [6.07, 6.45) is 8.27. The van der Waals surface area contributed by atoms with Crippen LogP contribution in [0.4, 0.5) is 20.7 Å². The fourth-order valence-corrected chi connectivity index (χ4v) is 6.07. The third-order valence-electron chi connectivity index (χ3n) is 7.45. The van der Waals surface area contributed by atoms with E-state index in [1.807, 2.05) is 4.90 Å². The second kappa shape index (κ2) is 11.0. The Morgan fingerprint density at radius 1 is 1.11 bits per heavy atom. The maximum absolute atomic E-state index is 14.6. The number of fused-ring (bicyclic) bond motifs is 2. The largest absolute Gasteiger partial charge is 0.474 e. The van der Waals surface area contributed by atoms with Crippen molar-refractivity contribution in [2.24, 2.45) is 0 Å². The second-order valence-electron chi connectivity index (χ2n) is 10.3. The molecule has 2 aromatic rings. The maximum Gasteiger partial charge on any atom is 0.410 e. The van der Waals surface area contributed by atoms with Crippen molar-refractivity contribution in [3.05, 3.63) is 35.9 Å². The van der Waals surface area contributed by atoms with Gasteiger partial charge in [-0.25, -0.2) is 27.6 Å². The van der Waals surface area contributed by atoms with Crippen LogP contribution < -0.4 is 10.1 Å². The van der Waals surface area contributed by atoms with Gasteiger partial charge in [-0.1, -0.05) is 6.42 Å². The molecular formula is C26H33FN4O6S. The molecule has 2 saturated heterocycles. The molecule has 0 radical (unpaired) electrons. The summed E-state index contributed by atoms with van der Waals surface area (Å²) < 4.78 is 55.9. The van der Waals surface area contributed by atoms with E-state index in [9.17, 15) is 17.6 Å². The monoisotopic (exact) mass is 548 g/mol. The van der Waals surface area contributed by atoms with E-state index in [1.54, 1.807) is 6.92 Å². The van der Waals surface area contributed by atoms with Crippen LogP contribution in [0, 0.1) is 12.7 Å². The van der Waals surface area contributed by atoms with Crippen LogP contribution in [0.1, 0.15) is 50.5 Å². The average Bonchev–Trinajstić information content (AvgIpc) is 2.87. The molecule has 12 heteroatoms. The van der Waals surface area contributed by atoms with Gasteiger partial charge in [-0.05, 0) is 50.8 Å². The predicted octanol–water partition coefficient (Wildman–Crippen LogP) is 4.15. The Balaban J connectivity index is 1.26. The lowest BCUT2D eigenvalue weighted by Gasteiger charge is -2.47. The molecule has 2 unspecified atom stereocenters. The molecule has 3 fully saturated rings. The topological polar surface area (TPSA) is 120 Å². The van der Waals surface area contributed by atoms with E-state index >= 15 is 0 Å². The van der Waals surface area contributed by atoms with Gasteiger partial charge in [-0.3, -0.25) is 4.90 Å². The highest BCUT2D eigenvalue weighted by Crippen LogP contribution is 2.34. The minimum Gasteiger partial charge on any atom is -0.474 e. The van der Waals surface area contributed by atoms with Crippen LogP contribution >= 0.6 is 0 Å². The lowest BCUT2D eigenvalue weighted by Crippen LogP contribution is -2.61. The Labute approximate surface area is 221 Å². The minimum atomic E-state index is -3.52. The van der Waals surface area contributed by atoms with Crippen molar-refractivity contribution in [1.29, 1.82) is 0 Å². The van der Waals surface area contributed by atoms with Gasteiger partial charge in [0.15, 0.2) is 9.84 Å². The Morgan fingerprint density at radius 3 is 2.47 bits per heavy atom. The van der Waals surface area contributed by atoms with Crippen molar-refractivity contribution in [3.8, 4) is 5.88 Å². The van der Waals surface area contributed by atoms with Gasteiger partial charge in [0.05, 0.1) is 41.4 Å². The summed E-state index contributed by atoms with van der Waals surface area (Å²) in [5.41, 5.74) is 0.668. The molecule has 38 heavy (non-hydrogen) atoms. The first-order chi connectivity index (χ1) is 18.2. The van der Waals surface area contributed by atoms with Crippen LogP contribution in [0.5, 0.6) is 5.88 Å². The molecule has 1 amide bonds. The molecule has 10 nitrogen and oxygen atoms in total. The van der Waals surface area contributed by atoms with Crippen LogP contribution in [0.25, 0.3) is 0 Å². The van der Waals surface area contributed by atoms with E-state index < -0.39 is 15.7 Å². The third kappa shape index (κ3) is 5.85. The van der Waals surface area contributed by atoms with E-state index in [1.165, 1.54) is 24.9 Å². The summed E-state index contributed by atoms with van der Waals surface area (Å²) in [7, 11) is -3.52. The number of benzene rings is 1. The standard InChI is InChI=1S/C26H33FN4O6S/c1-16-24(30-23-9-8-21(12-22(23)27)38(2,33)34)28-15-29-25(16)36-20-10-17-13-35-14-18(11-20)31(17)26(32)37-19-6-4-3-5-7-19/h8-9,12,15,17-20H,3-7,10-11,13-14H2,1-2H3,(H,28,29,30)/t17-,18?,20?/m0/s1. The van der Waals surface area contributed by atoms with Crippen molar-refractivity contribution in [2.75, 3.05) is 24.8 Å². The molecule has 1 aromatic heterocycles. The molecule has 1 aliphatic carbocycles. The fourth-order valence-electron chi connectivity index (χ4n) is 5.44. The minimum absolute atomic E-state index is 0.00567. The number of nitrogens with zero attached hydrogens (tertiary/aromatic N) is 3. The van der Waals surface area contributed by atoms with Gasteiger partial charge in [-0.2, -0.15) is 0 Å². The van der Waals surface area contributed by atoms with Crippen molar-refractivity contribution in [2.45, 2.75) is 81.1 Å². The summed E-state index contributed by atoms with van der Waals surface area (Å²) >= 11 is 0. The van der Waals surface area contributed by atoms with Crippen LogP contribution in [0.2, 0.25) is 0 Å². The van der Waals surface area contributed by atoms with E-state index in [-0.39, 0.29) is 41.0 Å². The Kier molecular flexibility index (Phi) is 7.71. The van der Waals surface area contributed by atoms with Crippen LogP contribution in [-0.2, 0) is 19.3 Å². The number of sulfone groups is 1. The number of rotatable bonds is 6. The highest BCUT2D eigenvalue weighted by atomic mass is 32.2. The highest BCUT2D eigenvalue weighted by molar-refractivity contribution is 7.90. The van der Waals surface area contributed by atoms with Crippen molar-refractivity contribution in [3.63, 3.8) is 0 Å². The van der Waals surface area contributed by atoms with Crippen molar-refractivity contribution < 1.29 is 31.8 Å². The molecule has 206 valence electrons. The molecule has 1 aromatic carbocycles. The van der Waals surface area contributed by atoms with Crippen LogP contribution in [0.3, 0.4) is 0 Å². The zero-order chi connectivity index (χ0) is 26.9. The first-order valence-corrected chi connectivity index (χ1v) is 14.9. The van der Waals surface area contributed by atoms with Crippen molar-refractivity contribution in [1.82, 2.24) is 14.9 Å². The van der Waals surface area contributed by atoms with Gasteiger partial charge in [0, 0.05) is 19.1 Å². The summed E-state index contributed by atoms with van der Waals surface area (Å²) in [6, 6.07) is 3.37. The van der Waals surface area contributed by atoms with Gasteiger partial charge in [-0.15, -0.1) is 0 Å². The Hall–Kier alpha value is -2.99. The molecule has 3 atom stereocenters. The fraction of sp³-hybridized carbons (Fsp3) is 0.577. The normalized spacial score (nSPS) is 24.1. The van der Waals surface area contributed by atoms with Gasteiger partial charge in [0.2, 0.25) is 5.88 Å². The lowest BCUT2D eigenvalue weighted by atomic mass is 9.92. The molecule has 1 saturated carbocycles. The number of aromatic nitrogens is 2. The molecule has 0 spiro atoms. The number of nitrogens with one attached hydrogen (secondary N) is 1. The van der Waals surface area contributed by atoms with Crippen LogP contribution in [-0.4, -0.2) is 73.1 Å². The van der Waals surface area contributed by atoms with E-state index in [2.05, 4.69) is 15.3 Å². The number of anilines is 2. The number of halogens is 1. The number of ether oxygens (including phenoxy) is 3. The van der Waals surface area contributed by atoms with Crippen molar-refractivity contribution >= 4 is 27.4 Å². The smallest absolute Gasteiger partial charge is 0.410 e. The van der Waals surface area contributed by atoms with Gasteiger partial charge in [0.1, 0.15) is 30.2 Å². The van der Waals surface area contributed by atoms with Crippen LogP contribution in [0.15, 0.2) is 29.4 Å². The Morgan fingerprint density at radius 2 is 1.82 bits per heavy atom. The number of hydrogen-bond donors (Lipinski definition) is 1. The summed E-state index contributed by atoms with van der Waals surface area (Å²) in [4.78, 5) is 23.3. The molecule has 1 N–H and O–H groups in total. The first kappa shape index (κ1) is 26.6. The first-order valence-electron chi connectivity index (χ1n) is 13.0. The number of amides is 1. The van der Waals surface area contributed by atoms with E-state index in [4.69, 9.17) is 14.2 Å². The number of hydrogen-bond acceptors (Lipinski definition) is 9. The van der Waals surface area contributed by atoms with Gasteiger partial charge in [0.25, 0.3) is 0 Å². The average molecular weight is 549 g/mol. The SMILES string of the molecule is Cc1c(Nc2ccc(S(C)(=O)=O)cc2F)ncnc1OC1CC2COC[C@H](C1)N2C(=O)OC1CCCCC1. The Bertz CT molecular complexity index is 1270. The third-order valence-corrected chi connectivity index (χ3v) is 8.56. The van der Waals surface area contributed by atoms with E-state index in [0.717, 1.165) is 38.0 Å². The second-order valence-corrected chi connectivity index (χ2v) is 12.3. The summed E-state index contributed by atoms with van der Waals surface area (Å²) in [5.74, 6) is -0.00960. The lowest BCUT2D eigenvalue weighted by molar-refractivity contribution is -0.0962. The highest BCUT2D eigenvalue weighted by Gasteiger charge is 2.44. The zero-order valence-corrected chi connectivity index (χ0v) is 22.4. The molecule has 2 bridgehead atoms. The zero-order valence-electron chi connectivity index (χ0n) is 21.6. The number of carbonyl (C=O) groups is 1. The molecule has 2 aliphatic heterocycles. The number of morpholine rings is 1. The molecule has 5 rings (SSSR count). The number of piperidine rings is 1.